The van der Waals surface area contributed by atoms with Crippen molar-refractivity contribution in [3.63, 3.8) is 0 Å². The molecule has 0 amide bonds. The van der Waals surface area contributed by atoms with Crippen molar-refractivity contribution < 1.29 is 4.79 Å². The molecule has 1 nitrogen and oxygen atoms in total. The molecule has 1 heteroatoms. The first kappa shape index (κ1) is 13.0. The van der Waals surface area contributed by atoms with E-state index in [1.54, 1.807) is 6.08 Å². The van der Waals surface area contributed by atoms with Gasteiger partial charge in [0.25, 0.3) is 0 Å². The van der Waals surface area contributed by atoms with Crippen LogP contribution in [-0.2, 0) is 4.79 Å². The van der Waals surface area contributed by atoms with E-state index >= 15 is 0 Å². The first-order valence-corrected chi connectivity index (χ1v) is 5.17. The molecule has 0 aliphatic rings. The molecule has 0 N–H and O–H groups in total. The minimum atomic E-state index is -0.0277. The van der Waals surface area contributed by atoms with Gasteiger partial charge in [0.15, 0.2) is 0 Å². The van der Waals surface area contributed by atoms with Gasteiger partial charge in [0.2, 0.25) is 0 Å². The fourth-order valence-corrected chi connectivity index (χ4v) is 0.970. The van der Waals surface area contributed by atoms with Gasteiger partial charge in [0.1, 0.15) is 6.29 Å². The Morgan fingerprint density at radius 3 is 2.43 bits per heavy atom. The van der Waals surface area contributed by atoms with Crippen molar-refractivity contribution >= 4 is 6.29 Å². The van der Waals surface area contributed by atoms with Crippen LogP contribution in [-0.4, -0.2) is 6.29 Å². The molecule has 0 aliphatic carbocycles. The van der Waals surface area contributed by atoms with Crippen molar-refractivity contribution in [2.75, 3.05) is 0 Å². The van der Waals surface area contributed by atoms with Crippen molar-refractivity contribution in [3.05, 3.63) is 11.6 Å². The molecule has 0 aromatic carbocycles. The minimum absolute atomic E-state index is 0.0277. The SMILES string of the molecule is CCCCC#C/C(=C\C=O)C(C)(C)C. The minimum Gasteiger partial charge on any atom is -0.299 e. The lowest BCUT2D eigenvalue weighted by Crippen LogP contribution is -2.08. The number of hydrogen-bond donors (Lipinski definition) is 0. The normalized spacial score (nSPS) is 11.9. The summed E-state index contributed by atoms with van der Waals surface area (Å²) in [5.41, 5.74) is 0.892. The molecule has 0 atom stereocenters. The first-order valence-electron chi connectivity index (χ1n) is 5.17. The Bertz CT molecular complexity index is 255. The molecule has 0 bridgehead atoms. The van der Waals surface area contributed by atoms with Gasteiger partial charge >= 0.3 is 0 Å². The Balaban J connectivity index is 4.44. The molecule has 0 rings (SSSR count). The molecule has 0 aromatic heterocycles. The number of allylic oxidation sites excluding steroid dienone is 2. The van der Waals surface area contributed by atoms with Crippen LogP contribution in [0, 0.1) is 17.3 Å². The maximum atomic E-state index is 10.4. The fourth-order valence-electron chi connectivity index (χ4n) is 0.970. The summed E-state index contributed by atoms with van der Waals surface area (Å²) in [7, 11) is 0. The van der Waals surface area contributed by atoms with E-state index in [1.807, 2.05) is 0 Å². The quantitative estimate of drug-likeness (QED) is 0.290. The molecule has 0 aliphatic heterocycles. The summed E-state index contributed by atoms with van der Waals surface area (Å²) in [5, 5.41) is 0. The van der Waals surface area contributed by atoms with E-state index in [1.165, 1.54) is 0 Å². The molecular formula is C13H20O. The highest BCUT2D eigenvalue weighted by atomic mass is 16.1. The number of unbranched alkanes of at least 4 members (excludes halogenated alkanes) is 2. The lowest BCUT2D eigenvalue weighted by Gasteiger charge is -2.17. The zero-order chi connectivity index (χ0) is 11.0. The molecule has 0 unspecified atom stereocenters. The van der Waals surface area contributed by atoms with Crippen molar-refractivity contribution in [2.45, 2.75) is 47.0 Å². The first-order chi connectivity index (χ1) is 6.52. The highest BCUT2D eigenvalue weighted by Crippen LogP contribution is 2.23. The van der Waals surface area contributed by atoms with Crippen LogP contribution in [0.1, 0.15) is 47.0 Å². The lowest BCUT2D eigenvalue weighted by molar-refractivity contribution is -0.104. The third-order valence-corrected chi connectivity index (χ3v) is 1.92. The summed E-state index contributed by atoms with van der Waals surface area (Å²) in [5.74, 6) is 6.18. The summed E-state index contributed by atoms with van der Waals surface area (Å²) >= 11 is 0. The summed E-state index contributed by atoms with van der Waals surface area (Å²) in [6.45, 7) is 8.35. The highest BCUT2D eigenvalue weighted by molar-refractivity contribution is 5.68. The van der Waals surface area contributed by atoms with Gasteiger partial charge in [-0.3, -0.25) is 4.79 Å². The van der Waals surface area contributed by atoms with Gasteiger partial charge in [-0.25, -0.2) is 0 Å². The number of hydrogen-bond acceptors (Lipinski definition) is 1. The van der Waals surface area contributed by atoms with Crippen LogP contribution in [0.5, 0.6) is 0 Å². The van der Waals surface area contributed by atoms with E-state index in [0.29, 0.717) is 0 Å². The van der Waals surface area contributed by atoms with Crippen LogP contribution in [0.4, 0.5) is 0 Å². The average molecular weight is 192 g/mol. The van der Waals surface area contributed by atoms with Gasteiger partial charge in [-0.15, -0.1) is 0 Å². The van der Waals surface area contributed by atoms with Gasteiger partial charge in [0.05, 0.1) is 0 Å². The number of carbonyl (C=O) groups is 1. The Morgan fingerprint density at radius 1 is 1.36 bits per heavy atom. The van der Waals surface area contributed by atoms with E-state index < -0.39 is 0 Å². The summed E-state index contributed by atoms with van der Waals surface area (Å²) in [6, 6.07) is 0. The van der Waals surface area contributed by atoms with Crippen molar-refractivity contribution in [1.29, 1.82) is 0 Å². The van der Waals surface area contributed by atoms with Gasteiger partial charge in [-0.1, -0.05) is 46.0 Å². The number of rotatable bonds is 3. The second kappa shape index (κ2) is 6.43. The van der Waals surface area contributed by atoms with Crippen LogP contribution < -0.4 is 0 Å². The van der Waals surface area contributed by atoms with Crippen LogP contribution >= 0.6 is 0 Å². The third-order valence-electron chi connectivity index (χ3n) is 1.92. The smallest absolute Gasteiger partial charge is 0.143 e. The van der Waals surface area contributed by atoms with Gasteiger partial charge in [-0.2, -0.15) is 0 Å². The molecular weight excluding hydrogens is 172 g/mol. The number of aldehydes is 1. The molecule has 0 aromatic rings. The van der Waals surface area contributed by atoms with E-state index in [2.05, 4.69) is 39.5 Å². The summed E-state index contributed by atoms with van der Waals surface area (Å²) < 4.78 is 0. The van der Waals surface area contributed by atoms with Crippen LogP contribution in [0.2, 0.25) is 0 Å². The van der Waals surface area contributed by atoms with E-state index in [4.69, 9.17) is 0 Å². The van der Waals surface area contributed by atoms with E-state index in [-0.39, 0.29) is 5.41 Å². The summed E-state index contributed by atoms with van der Waals surface area (Å²) in [6.07, 6.45) is 5.60. The van der Waals surface area contributed by atoms with Gasteiger partial charge in [0, 0.05) is 12.0 Å². The monoisotopic (exact) mass is 192 g/mol. The molecule has 0 radical (unpaired) electrons. The topological polar surface area (TPSA) is 17.1 Å². The molecule has 0 heterocycles. The van der Waals surface area contributed by atoms with Crippen molar-refractivity contribution in [3.8, 4) is 11.8 Å². The zero-order valence-corrected chi connectivity index (χ0v) is 9.68. The number of carbonyl (C=O) groups excluding carboxylic acids is 1. The fraction of sp³-hybridized carbons (Fsp3) is 0.615. The largest absolute Gasteiger partial charge is 0.299 e. The standard InChI is InChI=1S/C13H20O/c1-5-6-7-8-9-12(10-11-14)13(2,3)4/h10-11H,5-7H2,1-4H3/b12-10+. The second-order valence-electron chi connectivity index (χ2n) is 4.37. The van der Waals surface area contributed by atoms with E-state index in [9.17, 15) is 4.79 Å². The van der Waals surface area contributed by atoms with Crippen LogP contribution in [0.15, 0.2) is 11.6 Å². The molecule has 0 saturated heterocycles. The van der Waals surface area contributed by atoms with E-state index in [0.717, 1.165) is 31.1 Å². The molecule has 14 heavy (non-hydrogen) atoms. The Morgan fingerprint density at radius 2 is 2.00 bits per heavy atom. The molecule has 0 spiro atoms. The van der Waals surface area contributed by atoms with Crippen LogP contribution in [0.25, 0.3) is 0 Å². The Hall–Kier alpha value is -1.03. The maximum absolute atomic E-state index is 10.4. The second-order valence-corrected chi connectivity index (χ2v) is 4.37. The average Bonchev–Trinajstić information content (AvgIpc) is 2.08. The predicted molar refractivity (Wildman–Crippen MR) is 60.9 cm³/mol. The van der Waals surface area contributed by atoms with Gasteiger partial charge in [-0.05, 0) is 17.9 Å². The predicted octanol–water partition coefficient (Wildman–Crippen LogP) is 3.35. The lowest BCUT2D eigenvalue weighted by atomic mass is 9.86. The summed E-state index contributed by atoms with van der Waals surface area (Å²) in [4.78, 5) is 10.4. The van der Waals surface area contributed by atoms with Crippen LogP contribution in [0.3, 0.4) is 0 Å². The van der Waals surface area contributed by atoms with Crippen molar-refractivity contribution in [1.82, 2.24) is 0 Å². The third kappa shape index (κ3) is 5.59. The highest BCUT2D eigenvalue weighted by Gasteiger charge is 2.14. The Kier molecular flexibility index (Phi) is 5.95. The zero-order valence-electron chi connectivity index (χ0n) is 9.68. The maximum Gasteiger partial charge on any atom is 0.143 e. The van der Waals surface area contributed by atoms with Crippen molar-refractivity contribution in [2.24, 2.45) is 5.41 Å². The molecule has 0 saturated carbocycles. The van der Waals surface area contributed by atoms with Gasteiger partial charge < -0.3 is 0 Å². The molecule has 0 fully saturated rings. The molecule has 78 valence electrons. The Labute approximate surface area is 87.6 Å².